The number of amides is 1. The van der Waals surface area contributed by atoms with Crippen molar-refractivity contribution in [2.24, 2.45) is 0 Å². The molecule has 150 valence electrons. The molecule has 1 N–H and O–H groups in total. The van der Waals surface area contributed by atoms with E-state index in [1.165, 1.54) is 22.0 Å². The lowest BCUT2D eigenvalue weighted by Crippen LogP contribution is -2.50. The molecule has 2 aromatic carbocycles. The smallest absolute Gasteiger partial charge is 0.243 e. The standard InChI is InChI=1S/C20H24ClN3O3S/c1-15-3-6-18(13-16(15)2)22-20(25)14-23-9-11-24(12-10-23)28(26,27)19-7-4-17(21)5-8-19/h3-8,13H,9-12,14H2,1-2H3,(H,22,25). The number of halogens is 1. The lowest BCUT2D eigenvalue weighted by Gasteiger charge is -2.33. The number of rotatable bonds is 5. The van der Waals surface area contributed by atoms with Gasteiger partial charge >= 0.3 is 0 Å². The molecule has 1 heterocycles. The van der Waals surface area contributed by atoms with Gasteiger partial charge in [-0.1, -0.05) is 17.7 Å². The van der Waals surface area contributed by atoms with E-state index in [4.69, 9.17) is 11.6 Å². The fourth-order valence-electron chi connectivity index (χ4n) is 3.11. The number of hydrogen-bond acceptors (Lipinski definition) is 4. The molecule has 0 aromatic heterocycles. The average Bonchev–Trinajstić information content (AvgIpc) is 2.65. The van der Waals surface area contributed by atoms with Gasteiger partial charge in [0, 0.05) is 36.9 Å². The number of carbonyl (C=O) groups is 1. The molecule has 28 heavy (non-hydrogen) atoms. The first kappa shape index (κ1) is 20.8. The van der Waals surface area contributed by atoms with Crippen molar-refractivity contribution >= 4 is 33.2 Å². The molecule has 0 spiro atoms. The largest absolute Gasteiger partial charge is 0.325 e. The Balaban J connectivity index is 1.54. The number of aryl methyl sites for hydroxylation is 2. The number of carbonyl (C=O) groups excluding carboxylic acids is 1. The van der Waals surface area contributed by atoms with Crippen molar-refractivity contribution in [3.63, 3.8) is 0 Å². The van der Waals surface area contributed by atoms with Crippen molar-refractivity contribution in [3.05, 3.63) is 58.6 Å². The van der Waals surface area contributed by atoms with Gasteiger partial charge in [-0.15, -0.1) is 0 Å². The molecular weight excluding hydrogens is 398 g/mol. The summed E-state index contributed by atoms with van der Waals surface area (Å²) in [6.07, 6.45) is 0. The number of hydrogen-bond donors (Lipinski definition) is 1. The molecule has 0 atom stereocenters. The van der Waals surface area contributed by atoms with E-state index in [1.54, 1.807) is 12.1 Å². The number of anilines is 1. The van der Waals surface area contributed by atoms with Crippen LogP contribution in [0, 0.1) is 13.8 Å². The van der Waals surface area contributed by atoms with Crippen LogP contribution in [-0.2, 0) is 14.8 Å². The van der Waals surface area contributed by atoms with Crippen molar-refractivity contribution in [2.45, 2.75) is 18.7 Å². The summed E-state index contributed by atoms with van der Waals surface area (Å²) >= 11 is 5.84. The molecule has 1 aliphatic heterocycles. The van der Waals surface area contributed by atoms with Gasteiger partial charge in [0.05, 0.1) is 11.4 Å². The second-order valence-corrected chi connectivity index (χ2v) is 9.36. The van der Waals surface area contributed by atoms with Crippen LogP contribution in [0.4, 0.5) is 5.69 Å². The van der Waals surface area contributed by atoms with Gasteiger partial charge < -0.3 is 5.32 Å². The Hall–Kier alpha value is -1.93. The molecule has 1 aliphatic rings. The molecule has 3 rings (SSSR count). The van der Waals surface area contributed by atoms with Gasteiger partial charge in [0.15, 0.2) is 0 Å². The topological polar surface area (TPSA) is 69.7 Å². The molecule has 0 bridgehead atoms. The molecule has 1 amide bonds. The molecule has 0 saturated carbocycles. The predicted octanol–water partition coefficient (Wildman–Crippen LogP) is 2.90. The maximum absolute atomic E-state index is 12.7. The summed E-state index contributed by atoms with van der Waals surface area (Å²) < 4.78 is 26.9. The van der Waals surface area contributed by atoms with Gasteiger partial charge in [-0.2, -0.15) is 4.31 Å². The quantitative estimate of drug-likeness (QED) is 0.805. The van der Waals surface area contributed by atoms with Gasteiger partial charge in [-0.05, 0) is 61.4 Å². The highest BCUT2D eigenvalue weighted by Gasteiger charge is 2.29. The average molecular weight is 422 g/mol. The number of piperazine rings is 1. The molecule has 0 unspecified atom stereocenters. The lowest BCUT2D eigenvalue weighted by molar-refractivity contribution is -0.117. The SMILES string of the molecule is Cc1ccc(NC(=O)CN2CCN(S(=O)(=O)c3ccc(Cl)cc3)CC2)cc1C. The molecule has 2 aromatic rings. The zero-order valence-corrected chi connectivity index (χ0v) is 17.6. The highest BCUT2D eigenvalue weighted by atomic mass is 35.5. The van der Waals surface area contributed by atoms with Gasteiger partial charge in [-0.3, -0.25) is 9.69 Å². The maximum Gasteiger partial charge on any atom is 0.243 e. The molecule has 6 nitrogen and oxygen atoms in total. The Labute approximate surface area is 171 Å². The minimum Gasteiger partial charge on any atom is -0.325 e. The second-order valence-electron chi connectivity index (χ2n) is 6.98. The molecule has 1 saturated heterocycles. The summed E-state index contributed by atoms with van der Waals surface area (Å²) in [4.78, 5) is 14.5. The van der Waals surface area contributed by atoms with E-state index in [0.29, 0.717) is 31.2 Å². The van der Waals surface area contributed by atoms with Crippen molar-refractivity contribution in [2.75, 3.05) is 38.0 Å². The second kappa shape index (κ2) is 8.61. The fourth-order valence-corrected chi connectivity index (χ4v) is 4.65. The van der Waals surface area contributed by atoms with Gasteiger partial charge in [0.25, 0.3) is 0 Å². The van der Waals surface area contributed by atoms with Crippen LogP contribution in [0.3, 0.4) is 0 Å². The van der Waals surface area contributed by atoms with Crippen LogP contribution in [0.15, 0.2) is 47.4 Å². The Morgan fingerprint density at radius 1 is 1.00 bits per heavy atom. The van der Waals surface area contributed by atoms with Crippen molar-refractivity contribution in [3.8, 4) is 0 Å². The van der Waals surface area contributed by atoms with E-state index < -0.39 is 10.0 Å². The van der Waals surface area contributed by atoms with Crippen LogP contribution in [0.2, 0.25) is 5.02 Å². The highest BCUT2D eigenvalue weighted by Crippen LogP contribution is 2.20. The minimum absolute atomic E-state index is 0.0998. The van der Waals surface area contributed by atoms with Crippen molar-refractivity contribution in [1.29, 1.82) is 0 Å². The summed E-state index contributed by atoms with van der Waals surface area (Å²) in [5.74, 6) is -0.0998. The van der Waals surface area contributed by atoms with Crippen molar-refractivity contribution < 1.29 is 13.2 Å². The van der Waals surface area contributed by atoms with E-state index in [2.05, 4.69) is 5.32 Å². The first-order valence-corrected chi connectivity index (χ1v) is 10.9. The molecule has 8 heteroatoms. The predicted molar refractivity (Wildman–Crippen MR) is 111 cm³/mol. The summed E-state index contributed by atoms with van der Waals surface area (Å²) in [5.41, 5.74) is 3.08. The van der Waals surface area contributed by atoms with Crippen LogP contribution in [0.5, 0.6) is 0 Å². The van der Waals surface area contributed by atoms with Gasteiger partial charge in [0.1, 0.15) is 0 Å². The third-order valence-electron chi connectivity index (χ3n) is 4.94. The highest BCUT2D eigenvalue weighted by molar-refractivity contribution is 7.89. The Kier molecular flexibility index (Phi) is 6.40. The van der Waals surface area contributed by atoms with Gasteiger partial charge in [0.2, 0.25) is 15.9 Å². The third kappa shape index (κ3) is 4.91. The third-order valence-corrected chi connectivity index (χ3v) is 7.11. The summed E-state index contributed by atoms with van der Waals surface area (Å²) in [7, 11) is -3.54. The number of benzene rings is 2. The van der Waals surface area contributed by atoms with Crippen LogP contribution in [-0.4, -0.2) is 56.3 Å². The van der Waals surface area contributed by atoms with Gasteiger partial charge in [-0.25, -0.2) is 8.42 Å². The number of sulfonamides is 1. The Morgan fingerprint density at radius 2 is 1.64 bits per heavy atom. The van der Waals surface area contributed by atoms with E-state index in [-0.39, 0.29) is 17.3 Å². The lowest BCUT2D eigenvalue weighted by atomic mass is 10.1. The monoisotopic (exact) mass is 421 g/mol. The van der Waals surface area contributed by atoms with Crippen LogP contribution >= 0.6 is 11.6 Å². The molecule has 1 fully saturated rings. The zero-order valence-electron chi connectivity index (χ0n) is 16.0. The fraction of sp³-hybridized carbons (Fsp3) is 0.350. The normalized spacial score (nSPS) is 16.1. The summed E-state index contributed by atoms with van der Waals surface area (Å²) in [6.45, 7) is 5.98. The number of nitrogens with zero attached hydrogens (tertiary/aromatic N) is 2. The zero-order chi connectivity index (χ0) is 20.3. The van der Waals surface area contributed by atoms with E-state index >= 15 is 0 Å². The van der Waals surface area contributed by atoms with Crippen LogP contribution in [0.25, 0.3) is 0 Å². The van der Waals surface area contributed by atoms with E-state index in [0.717, 1.165) is 11.3 Å². The first-order chi connectivity index (χ1) is 13.3. The minimum atomic E-state index is -3.54. The van der Waals surface area contributed by atoms with E-state index in [9.17, 15) is 13.2 Å². The first-order valence-electron chi connectivity index (χ1n) is 9.11. The Morgan fingerprint density at radius 3 is 2.25 bits per heavy atom. The summed E-state index contributed by atoms with van der Waals surface area (Å²) in [5, 5.41) is 3.40. The molecule has 0 aliphatic carbocycles. The molecular formula is C20H24ClN3O3S. The van der Waals surface area contributed by atoms with Crippen molar-refractivity contribution in [1.82, 2.24) is 9.21 Å². The number of nitrogens with one attached hydrogen (secondary N) is 1. The van der Waals surface area contributed by atoms with Crippen LogP contribution < -0.4 is 5.32 Å². The summed E-state index contributed by atoms with van der Waals surface area (Å²) in [6, 6.07) is 12.0. The molecule has 0 radical (unpaired) electrons. The van der Waals surface area contributed by atoms with Crippen LogP contribution in [0.1, 0.15) is 11.1 Å². The van der Waals surface area contributed by atoms with E-state index in [1.807, 2.05) is 36.9 Å². The maximum atomic E-state index is 12.7. The Bertz CT molecular complexity index is 953.